The summed E-state index contributed by atoms with van der Waals surface area (Å²) in [6, 6.07) is 17.0. The predicted molar refractivity (Wildman–Crippen MR) is 113 cm³/mol. The highest BCUT2D eigenvalue weighted by atomic mass is 35.5. The molecule has 0 heterocycles. The van der Waals surface area contributed by atoms with Crippen molar-refractivity contribution in [2.75, 3.05) is 7.11 Å². The first kappa shape index (κ1) is 19.7. The fourth-order valence-corrected chi connectivity index (χ4v) is 3.05. The van der Waals surface area contributed by atoms with Gasteiger partial charge in [-0.15, -0.1) is 0 Å². The zero-order chi connectivity index (χ0) is 20.1. The minimum Gasteiger partial charge on any atom is -0.496 e. The van der Waals surface area contributed by atoms with Crippen molar-refractivity contribution in [3.63, 3.8) is 0 Å². The number of methoxy groups -OCH3 is 1. The molecule has 6 heteroatoms. The van der Waals surface area contributed by atoms with Crippen molar-refractivity contribution in [1.82, 2.24) is 5.43 Å². The lowest BCUT2D eigenvalue weighted by molar-refractivity contribution is -0.127. The molecule has 1 amide bonds. The number of hydrogen-bond acceptors (Lipinski definition) is 4. The maximum absolute atomic E-state index is 12.3. The molecule has 0 bridgehead atoms. The Kier molecular flexibility index (Phi) is 6.16. The van der Waals surface area contributed by atoms with Crippen LogP contribution in [0, 0.1) is 6.92 Å². The van der Waals surface area contributed by atoms with E-state index in [9.17, 15) is 4.79 Å². The van der Waals surface area contributed by atoms with Crippen LogP contribution in [0.1, 0.15) is 18.1 Å². The minimum atomic E-state index is -0.716. The third-order valence-corrected chi connectivity index (χ3v) is 4.56. The molecule has 3 aromatic rings. The summed E-state index contributed by atoms with van der Waals surface area (Å²) in [6.45, 7) is 3.54. The van der Waals surface area contributed by atoms with Crippen molar-refractivity contribution in [1.29, 1.82) is 0 Å². The Balaban J connectivity index is 1.72. The molecular formula is C22H21ClN2O3. The van der Waals surface area contributed by atoms with E-state index in [0.717, 1.165) is 21.9 Å². The summed E-state index contributed by atoms with van der Waals surface area (Å²) in [7, 11) is 1.60. The van der Waals surface area contributed by atoms with Gasteiger partial charge in [0.2, 0.25) is 0 Å². The van der Waals surface area contributed by atoms with Gasteiger partial charge >= 0.3 is 0 Å². The van der Waals surface area contributed by atoms with Gasteiger partial charge in [-0.05, 0) is 54.4 Å². The van der Waals surface area contributed by atoms with Crippen molar-refractivity contribution >= 4 is 34.5 Å². The quantitative estimate of drug-likeness (QED) is 0.484. The number of fused-ring (bicyclic) bond motifs is 1. The first-order valence-electron chi connectivity index (χ1n) is 8.81. The van der Waals surface area contributed by atoms with Crippen LogP contribution in [0.5, 0.6) is 11.5 Å². The third-order valence-electron chi connectivity index (χ3n) is 4.33. The number of halogens is 1. The number of aryl methyl sites for hydroxylation is 1. The average molecular weight is 397 g/mol. The van der Waals surface area contributed by atoms with Gasteiger partial charge in [-0.2, -0.15) is 5.10 Å². The molecule has 1 N–H and O–H groups in total. The fourth-order valence-electron chi connectivity index (χ4n) is 2.83. The molecule has 0 fully saturated rings. The van der Waals surface area contributed by atoms with E-state index in [4.69, 9.17) is 21.1 Å². The van der Waals surface area contributed by atoms with Gasteiger partial charge in [0.25, 0.3) is 5.91 Å². The Morgan fingerprint density at radius 3 is 2.64 bits per heavy atom. The summed E-state index contributed by atoms with van der Waals surface area (Å²) >= 11 is 5.94. The summed E-state index contributed by atoms with van der Waals surface area (Å²) in [6.07, 6.45) is 0.866. The molecule has 3 rings (SSSR count). The number of nitrogens with zero attached hydrogens (tertiary/aromatic N) is 1. The Hall–Kier alpha value is -3.05. The number of hydrazone groups is 1. The molecule has 0 aromatic heterocycles. The van der Waals surface area contributed by atoms with Gasteiger partial charge < -0.3 is 9.47 Å². The van der Waals surface area contributed by atoms with Crippen LogP contribution in [0.25, 0.3) is 10.8 Å². The number of hydrogen-bond donors (Lipinski definition) is 1. The fraction of sp³-hybridized carbons (Fsp3) is 0.182. The Labute approximate surface area is 168 Å². The Morgan fingerprint density at radius 1 is 1.14 bits per heavy atom. The van der Waals surface area contributed by atoms with E-state index in [0.29, 0.717) is 16.5 Å². The minimum absolute atomic E-state index is 0.357. The van der Waals surface area contributed by atoms with E-state index >= 15 is 0 Å². The molecule has 0 saturated carbocycles. The SMILES string of the molecule is COc1ccc2ccccc2c1C=NNC(=O)[C@@H](C)Oc1ccc(Cl)cc1C. The van der Waals surface area contributed by atoms with Crippen LogP contribution in [0.15, 0.2) is 59.7 Å². The van der Waals surface area contributed by atoms with Gasteiger partial charge in [-0.1, -0.05) is 41.9 Å². The second kappa shape index (κ2) is 8.76. The number of rotatable bonds is 6. The molecule has 0 saturated heterocycles. The van der Waals surface area contributed by atoms with E-state index in [1.807, 2.05) is 43.3 Å². The Morgan fingerprint density at radius 2 is 1.89 bits per heavy atom. The first-order valence-corrected chi connectivity index (χ1v) is 9.19. The number of amides is 1. The van der Waals surface area contributed by atoms with Crippen molar-refractivity contribution in [2.45, 2.75) is 20.0 Å². The lowest BCUT2D eigenvalue weighted by Gasteiger charge is -2.15. The smallest absolute Gasteiger partial charge is 0.280 e. The molecule has 28 heavy (non-hydrogen) atoms. The number of carbonyl (C=O) groups excluding carboxylic acids is 1. The standard InChI is InChI=1S/C22H21ClN2O3/c1-14-12-17(23)9-11-20(14)28-15(2)22(26)25-24-13-19-18-7-5-4-6-16(18)8-10-21(19)27-3/h4-13,15H,1-3H3,(H,25,26)/t15-/m1/s1. The highest BCUT2D eigenvalue weighted by Crippen LogP contribution is 2.26. The molecule has 3 aromatic carbocycles. The summed E-state index contributed by atoms with van der Waals surface area (Å²) < 4.78 is 11.1. The van der Waals surface area contributed by atoms with Crippen LogP contribution in [-0.2, 0) is 4.79 Å². The van der Waals surface area contributed by atoms with Crippen LogP contribution < -0.4 is 14.9 Å². The van der Waals surface area contributed by atoms with Crippen LogP contribution in [-0.4, -0.2) is 25.3 Å². The molecular weight excluding hydrogens is 376 g/mol. The summed E-state index contributed by atoms with van der Waals surface area (Å²) in [5, 5.41) is 6.76. The molecule has 5 nitrogen and oxygen atoms in total. The topological polar surface area (TPSA) is 59.9 Å². The van der Waals surface area contributed by atoms with Crippen molar-refractivity contribution in [2.24, 2.45) is 5.10 Å². The van der Waals surface area contributed by atoms with Crippen molar-refractivity contribution in [3.05, 3.63) is 70.7 Å². The van der Waals surface area contributed by atoms with Crippen LogP contribution in [0.3, 0.4) is 0 Å². The highest BCUT2D eigenvalue weighted by Gasteiger charge is 2.15. The van der Waals surface area contributed by atoms with Gasteiger partial charge in [0.15, 0.2) is 6.10 Å². The normalized spacial score (nSPS) is 12.1. The number of nitrogens with one attached hydrogen (secondary N) is 1. The van der Waals surface area contributed by atoms with E-state index in [1.165, 1.54) is 0 Å². The largest absolute Gasteiger partial charge is 0.496 e. The summed E-state index contributed by atoms with van der Waals surface area (Å²) in [4.78, 5) is 12.3. The van der Waals surface area contributed by atoms with Crippen LogP contribution >= 0.6 is 11.6 Å². The van der Waals surface area contributed by atoms with Crippen LogP contribution in [0.2, 0.25) is 5.02 Å². The van der Waals surface area contributed by atoms with E-state index in [2.05, 4.69) is 10.5 Å². The lowest BCUT2D eigenvalue weighted by Crippen LogP contribution is -2.33. The average Bonchev–Trinajstić information content (AvgIpc) is 2.69. The summed E-state index contributed by atoms with van der Waals surface area (Å²) in [5.74, 6) is 0.925. The van der Waals surface area contributed by atoms with Crippen molar-refractivity contribution in [3.8, 4) is 11.5 Å². The van der Waals surface area contributed by atoms with Gasteiger partial charge in [-0.25, -0.2) is 5.43 Å². The molecule has 0 radical (unpaired) electrons. The molecule has 0 spiro atoms. The van der Waals surface area contributed by atoms with Gasteiger partial charge in [0.05, 0.1) is 13.3 Å². The number of ether oxygens (including phenoxy) is 2. The highest BCUT2D eigenvalue weighted by molar-refractivity contribution is 6.30. The van der Waals surface area contributed by atoms with E-state index < -0.39 is 6.10 Å². The monoisotopic (exact) mass is 396 g/mol. The second-order valence-electron chi connectivity index (χ2n) is 6.31. The zero-order valence-electron chi connectivity index (χ0n) is 15.9. The number of benzene rings is 3. The van der Waals surface area contributed by atoms with E-state index in [-0.39, 0.29) is 5.91 Å². The molecule has 144 valence electrons. The second-order valence-corrected chi connectivity index (χ2v) is 6.74. The van der Waals surface area contributed by atoms with Gasteiger partial charge in [-0.3, -0.25) is 4.79 Å². The molecule has 0 unspecified atom stereocenters. The lowest BCUT2D eigenvalue weighted by atomic mass is 10.0. The maximum atomic E-state index is 12.3. The maximum Gasteiger partial charge on any atom is 0.280 e. The van der Waals surface area contributed by atoms with Gasteiger partial charge in [0, 0.05) is 10.6 Å². The van der Waals surface area contributed by atoms with Gasteiger partial charge in [0.1, 0.15) is 11.5 Å². The molecule has 0 aliphatic rings. The number of carbonyl (C=O) groups is 1. The first-order chi connectivity index (χ1) is 13.5. The van der Waals surface area contributed by atoms with Crippen LogP contribution in [0.4, 0.5) is 0 Å². The predicted octanol–water partition coefficient (Wildman–Crippen LogP) is 4.73. The molecule has 0 aliphatic heterocycles. The Bertz CT molecular complexity index is 1030. The summed E-state index contributed by atoms with van der Waals surface area (Å²) in [5.41, 5.74) is 4.17. The molecule has 0 aliphatic carbocycles. The third kappa shape index (κ3) is 4.43. The van der Waals surface area contributed by atoms with E-state index in [1.54, 1.807) is 38.4 Å². The van der Waals surface area contributed by atoms with Crippen molar-refractivity contribution < 1.29 is 14.3 Å². The zero-order valence-corrected chi connectivity index (χ0v) is 16.7. The molecule has 1 atom stereocenters.